The second-order valence-electron chi connectivity index (χ2n) is 11.7. The first-order chi connectivity index (χ1) is 35.2. The van der Waals surface area contributed by atoms with E-state index in [0.29, 0.717) is 4.70 Å². The molecule has 0 unspecified atom stereocenters. The van der Waals surface area contributed by atoms with Gasteiger partial charge in [0.05, 0.1) is 99.4 Å². The van der Waals surface area contributed by atoms with E-state index in [4.69, 9.17) is 23.2 Å². The van der Waals surface area contributed by atoms with Crippen molar-refractivity contribution >= 4 is 184 Å². The summed E-state index contributed by atoms with van der Waals surface area (Å²) in [6.07, 6.45) is 0. The van der Waals surface area contributed by atoms with Gasteiger partial charge in [-0.25, -0.2) is 38.7 Å². The third-order valence-corrected chi connectivity index (χ3v) is 14.9. The predicted octanol–water partition coefficient (Wildman–Crippen LogP) is 23.0. The molecule has 0 N–H and O–H groups in total. The molecule has 0 spiro atoms. The monoisotopic (exact) mass is 1250 g/mol. The van der Waals surface area contributed by atoms with Crippen molar-refractivity contribution < 1.29 is 8.78 Å². The van der Waals surface area contributed by atoms with Gasteiger partial charge in [-0.15, -0.1) is 68.0 Å². The van der Waals surface area contributed by atoms with Crippen LogP contribution in [0.5, 0.6) is 0 Å². The molecule has 12 rings (SSSR count). The highest BCUT2D eigenvalue weighted by atomic mass is 79.9. The van der Waals surface area contributed by atoms with E-state index >= 15 is 0 Å². The van der Waals surface area contributed by atoms with Gasteiger partial charge in [-0.1, -0.05) is 140 Å². The van der Waals surface area contributed by atoms with Crippen molar-refractivity contribution in [2.45, 2.75) is 83.1 Å². The molecular formula is C54H60Br2Cl2F2N6S6. The summed E-state index contributed by atoms with van der Waals surface area (Å²) in [4.78, 5) is 24.5. The molecule has 384 valence electrons. The number of benzene rings is 6. The van der Waals surface area contributed by atoms with E-state index in [9.17, 15) is 8.78 Å². The smallest absolute Gasteiger partial charge is 0.142 e. The van der Waals surface area contributed by atoms with Crippen LogP contribution in [0.4, 0.5) is 8.78 Å². The first-order valence-electron chi connectivity index (χ1n) is 23.1. The first-order valence-corrected chi connectivity index (χ1v) is 30.7. The minimum absolute atomic E-state index is 0.181. The van der Waals surface area contributed by atoms with Crippen molar-refractivity contribution in [3.8, 4) is 0 Å². The molecule has 0 saturated carbocycles. The average molecular weight is 1250 g/mol. The van der Waals surface area contributed by atoms with Gasteiger partial charge in [-0.2, -0.15) is 0 Å². The zero-order chi connectivity index (χ0) is 53.8. The lowest BCUT2D eigenvalue weighted by Crippen LogP contribution is -1.71. The van der Waals surface area contributed by atoms with Gasteiger partial charge < -0.3 is 0 Å². The van der Waals surface area contributed by atoms with Gasteiger partial charge in [0.2, 0.25) is 0 Å². The van der Waals surface area contributed by atoms with Gasteiger partial charge in [-0.05, 0) is 107 Å². The highest BCUT2D eigenvalue weighted by Crippen LogP contribution is 2.27. The van der Waals surface area contributed by atoms with Crippen molar-refractivity contribution in [2.24, 2.45) is 0 Å². The number of aromatic nitrogens is 6. The fourth-order valence-corrected chi connectivity index (χ4v) is 10.7. The maximum Gasteiger partial charge on any atom is 0.142 e. The van der Waals surface area contributed by atoms with E-state index in [2.05, 4.69) is 67.8 Å². The molecule has 0 saturated heterocycles. The number of rotatable bonds is 0. The molecule has 6 nitrogen and oxygen atoms in total. The molecular weight excluding hydrogens is 1190 g/mol. The number of thiazole rings is 6. The van der Waals surface area contributed by atoms with Crippen molar-refractivity contribution in [2.75, 3.05) is 0 Å². The van der Waals surface area contributed by atoms with Gasteiger partial charge in [0, 0.05) is 14.0 Å². The van der Waals surface area contributed by atoms with Crippen molar-refractivity contribution in [3.63, 3.8) is 0 Å². The van der Waals surface area contributed by atoms with Gasteiger partial charge in [0.25, 0.3) is 0 Å². The first kappa shape index (κ1) is 66.1. The normalized spacial score (nSPS) is 9.25. The molecule has 6 aromatic carbocycles. The summed E-state index contributed by atoms with van der Waals surface area (Å²) in [5.74, 6) is -0.378. The van der Waals surface area contributed by atoms with Crippen molar-refractivity contribution in [3.05, 3.63) is 173 Å². The fourth-order valence-electron chi connectivity index (χ4n) is 5.04. The molecule has 72 heavy (non-hydrogen) atoms. The second kappa shape index (κ2) is 39.5. The Bertz CT molecular complexity index is 2920. The Morgan fingerprint density at radius 2 is 0.806 bits per heavy atom. The van der Waals surface area contributed by atoms with Crippen LogP contribution in [0, 0.1) is 11.6 Å². The lowest BCUT2D eigenvalue weighted by Gasteiger charge is -1.88. The molecule has 0 atom stereocenters. The molecule has 0 radical (unpaired) electrons. The summed E-state index contributed by atoms with van der Waals surface area (Å²) < 4.78 is 33.7. The molecule has 0 bridgehead atoms. The Labute approximate surface area is 474 Å². The van der Waals surface area contributed by atoms with Gasteiger partial charge >= 0.3 is 0 Å². The SMILES string of the molecule is Brc1ccc2scnc2c1.Brc1cccc2ncsc12.CC.CC.CC.CC.CC.CC.Clc1ccc2ncsc2c1.Clc1cccc2ncsc12.Fc1ccc2ncsc2c1.Fc1cccc2ncsc12. The number of nitrogens with zero attached hydrogens (tertiary/aromatic N) is 6. The number of halogens is 6. The molecule has 0 aliphatic heterocycles. The minimum atomic E-state index is -0.197. The summed E-state index contributed by atoms with van der Waals surface area (Å²) >= 11 is 27.7. The van der Waals surface area contributed by atoms with E-state index in [0.717, 1.165) is 66.2 Å². The molecule has 0 aliphatic rings. The van der Waals surface area contributed by atoms with Crippen LogP contribution in [0.1, 0.15) is 83.1 Å². The lowest BCUT2D eigenvalue weighted by atomic mass is 10.3. The van der Waals surface area contributed by atoms with Crippen LogP contribution < -0.4 is 0 Å². The number of fused-ring (bicyclic) bond motifs is 6. The molecule has 6 heterocycles. The summed E-state index contributed by atoms with van der Waals surface area (Å²) in [6.45, 7) is 24.0. The van der Waals surface area contributed by atoms with Crippen LogP contribution in [0.2, 0.25) is 10.0 Å². The number of hydrogen-bond donors (Lipinski definition) is 0. The van der Waals surface area contributed by atoms with Gasteiger partial charge in [-0.3, -0.25) is 0 Å². The molecule has 0 aliphatic carbocycles. The van der Waals surface area contributed by atoms with E-state index in [-0.39, 0.29) is 11.6 Å². The van der Waals surface area contributed by atoms with Crippen LogP contribution in [-0.4, -0.2) is 29.9 Å². The van der Waals surface area contributed by atoms with Crippen LogP contribution in [-0.2, 0) is 0 Å². The Hall–Kier alpha value is -3.94. The summed E-state index contributed by atoms with van der Waals surface area (Å²) in [7, 11) is 0. The lowest BCUT2D eigenvalue weighted by molar-refractivity contribution is 0.630. The van der Waals surface area contributed by atoms with E-state index in [1.165, 1.54) is 50.3 Å². The van der Waals surface area contributed by atoms with Gasteiger partial charge in [0.1, 0.15) is 11.6 Å². The molecule has 18 heteroatoms. The maximum atomic E-state index is 12.8. The van der Waals surface area contributed by atoms with Gasteiger partial charge in [0.15, 0.2) is 0 Å². The average Bonchev–Trinajstić information content (AvgIpc) is 4.30. The van der Waals surface area contributed by atoms with Crippen LogP contribution in [0.25, 0.3) is 61.3 Å². The Morgan fingerprint density at radius 3 is 1.36 bits per heavy atom. The van der Waals surface area contributed by atoms with Crippen molar-refractivity contribution in [1.82, 2.24) is 29.9 Å². The van der Waals surface area contributed by atoms with Crippen LogP contribution >= 0.6 is 123 Å². The van der Waals surface area contributed by atoms with Crippen LogP contribution in [0.3, 0.4) is 0 Å². The highest BCUT2D eigenvalue weighted by molar-refractivity contribution is 9.11. The maximum absolute atomic E-state index is 12.8. The molecule has 0 amide bonds. The zero-order valence-corrected chi connectivity index (χ0v) is 51.8. The topological polar surface area (TPSA) is 77.3 Å². The summed E-state index contributed by atoms with van der Waals surface area (Å²) in [5.41, 5.74) is 16.4. The molecule has 0 fully saturated rings. The van der Waals surface area contributed by atoms with Crippen molar-refractivity contribution in [1.29, 1.82) is 0 Å². The second-order valence-corrected chi connectivity index (χ2v) is 19.6. The quantitative estimate of drug-likeness (QED) is 0.151. The standard InChI is InChI=1S/2C7H4BrNS.2C7H4ClNS.2C7H4FNS.6C2H6/c8-5-1-2-7-6(3-5)9-4-10-7;8-5-2-1-3-6-7(5)10-4-9-6;8-5-1-2-6-7(3-5)10-4-9-6;8-5-2-1-3-6-7(5)10-4-9-6;8-5-1-2-6-7(3-5)10-4-9-6;8-5-2-1-3-6-7(5)10-4-9-6;6*1-2/h6*1-4H;6*1-2H3. The predicted molar refractivity (Wildman–Crippen MR) is 331 cm³/mol. The Balaban J connectivity index is 0.000000414. The molecule has 6 aromatic heterocycles. The number of hydrogen-bond acceptors (Lipinski definition) is 12. The van der Waals surface area contributed by atoms with E-state index in [1.54, 1.807) is 80.1 Å². The fraction of sp³-hybridized carbons (Fsp3) is 0.222. The summed E-state index contributed by atoms with van der Waals surface area (Å²) in [6, 6.07) is 33.1. The highest BCUT2D eigenvalue weighted by Gasteiger charge is 2.01. The largest absolute Gasteiger partial charge is 0.245 e. The minimum Gasteiger partial charge on any atom is -0.245 e. The Kier molecular flexibility index (Phi) is 36.3. The van der Waals surface area contributed by atoms with E-state index < -0.39 is 0 Å². The van der Waals surface area contributed by atoms with E-state index in [1.807, 2.05) is 166 Å². The molecule has 12 aromatic rings. The van der Waals surface area contributed by atoms with Crippen LogP contribution in [0.15, 0.2) is 151 Å². The Morgan fingerprint density at radius 1 is 0.375 bits per heavy atom. The third-order valence-electron chi connectivity index (χ3n) is 7.80. The third kappa shape index (κ3) is 21.9. The summed E-state index contributed by atoms with van der Waals surface area (Å²) in [5, 5.41) is 1.57. The zero-order valence-electron chi connectivity index (χ0n) is 42.3.